The highest BCUT2D eigenvalue weighted by Gasteiger charge is 1.88. The van der Waals surface area contributed by atoms with Crippen LogP contribution in [0.2, 0.25) is 0 Å². The molecule has 14 heavy (non-hydrogen) atoms. The van der Waals surface area contributed by atoms with E-state index in [2.05, 4.69) is 5.73 Å². The van der Waals surface area contributed by atoms with Crippen LogP contribution in [0.3, 0.4) is 0 Å². The van der Waals surface area contributed by atoms with Gasteiger partial charge in [0, 0.05) is 5.56 Å². The van der Waals surface area contributed by atoms with Crippen molar-refractivity contribution >= 4 is 12.3 Å². The van der Waals surface area contributed by atoms with E-state index >= 15 is 0 Å². The lowest BCUT2D eigenvalue weighted by atomic mass is 10.2. The monoisotopic (exact) mass is 197 g/mol. The Labute approximate surface area is 80.8 Å². The molecule has 1 rings (SSSR count). The molecule has 0 aliphatic heterocycles. The van der Waals surface area contributed by atoms with E-state index < -0.39 is 5.97 Å². The van der Waals surface area contributed by atoms with Crippen LogP contribution in [0.25, 0.3) is 0 Å². The molecular weight excluding hydrogens is 186 g/mol. The summed E-state index contributed by atoms with van der Waals surface area (Å²) in [4.78, 5) is 19.3. The quantitative estimate of drug-likeness (QED) is 0.589. The van der Waals surface area contributed by atoms with Crippen molar-refractivity contribution in [2.24, 2.45) is 5.73 Å². The van der Waals surface area contributed by atoms with E-state index in [1.807, 2.05) is 0 Å². The Bertz CT molecular complexity index is 311. The number of rotatable bonds is 2. The number of aromatic hydroxyl groups is 1. The van der Waals surface area contributed by atoms with Gasteiger partial charge in [-0.05, 0) is 12.1 Å². The minimum Gasteiger partial charge on any atom is -0.508 e. The molecule has 0 radical (unpaired) electrons. The lowest BCUT2D eigenvalue weighted by Gasteiger charge is -1.89. The molecule has 0 unspecified atom stereocenters. The van der Waals surface area contributed by atoms with Crippen molar-refractivity contribution < 1.29 is 19.8 Å². The van der Waals surface area contributed by atoms with E-state index in [4.69, 9.17) is 10.2 Å². The molecule has 5 heteroatoms. The number of carboxylic acids is 1. The Morgan fingerprint density at radius 1 is 1.50 bits per heavy atom. The maximum absolute atomic E-state index is 10.0. The number of carboxylic acid groups (broad SMARTS) is 1. The van der Waals surface area contributed by atoms with Crippen LogP contribution in [0, 0.1) is 0 Å². The number of hydrogen-bond donors (Lipinski definition) is 3. The summed E-state index contributed by atoms with van der Waals surface area (Å²) in [5.41, 5.74) is 5.07. The number of phenols is 1. The second-order valence-corrected chi connectivity index (χ2v) is 2.31. The van der Waals surface area contributed by atoms with Crippen molar-refractivity contribution in [1.29, 1.82) is 0 Å². The van der Waals surface area contributed by atoms with Crippen molar-refractivity contribution in [1.82, 2.24) is 0 Å². The zero-order chi connectivity index (χ0) is 11.0. The number of nitrogens with two attached hydrogens (primary N) is 1. The first-order chi connectivity index (χ1) is 6.60. The topological polar surface area (TPSA) is 101 Å². The molecule has 0 saturated heterocycles. The number of aliphatic carboxylic acids is 1. The summed E-state index contributed by atoms with van der Waals surface area (Å²) < 4.78 is 0. The largest absolute Gasteiger partial charge is 0.508 e. The molecule has 4 N–H and O–H groups in total. The van der Waals surface area contributed by atoms with Crippen molar-refractivity contribution in [3.63, 3.8) is 0 Å². The molecule has 0 spiro atoms. The Morgan fingerprint density at radius 2 is 2.07 bits per heavy atom. The van der Waals surface area contributed by atoms with Gasteiger partial charge in [0.25, 0.3) is 0 Å². The van der Waals surface area contributed by atoms with Gasteiger partial charge < -0.3 is 15.9 Å². The van der Waals surface area contributed by atoms with Crippen LogP contribution in [0.5, 0.6) is 5.75 Å². The second kappa shape index (κ2) is 6.62. The summed E-state index contributed by atoms with van der Waals surface area (Å²) in [5.74, 6) is -0.843. The van der Waals surface area contributed by atoms with E-state index in [1.54, 1.807) is 12.1 Å². The molecule has 0 atom stereocenters. The Hall–Kier alpha value is -1.88. The Morgan fingerprint density at radius 3 is 2.36 bits per heavy atom. The molecule has 5 nitrogen and oxygen atoms in total. The third-order valence-corrected chi connectivity index (χ3v) is 1.18. The fourth-order valence-corrected chi connectivity index (χ4v) is 0.598. The van der Waals surface area contributed by atoms with Crippen molar-refractivity contribution in [2.45, 2.75) is 0 Å². The average Bonchev–Trinajstić information content (AvgIpc) is 2.18. The number of aldehydes is 1. The molecule has 0 bridgehead atoms. The minimum atomic E-state index is -0.968. The maximum Gasteiger partial charge on any atom is 0.317 e. The van der Waals surface area contributed by atoms with Gasteiger partial charge >= 0.3 is 5.97 Å². The normalized spacial score (nSPS) is 8.36. The molecule has 1 aromatic carbocycles. The predicted molar refractivity (Wildman–Crippen MR) is 50.2 cm³/mol. The second-order valence-electron chi connectivity index (χ2n) is 2.31. The number of phenolic OH excluding ortho intramolecular Hbond substituents is 1. The first kappa shape index (κ1) is 12.1. The molecular formula is C9H11NO4. The van der Waals surface area contributed by atoms with Gasteiger partial charge in [-0.1, -0.05) is 12.1 Å². The molecule has 0 amide bonds. The van der Waals surface area contributed by atoms with Crippen molar-refractivity contribution in [3.05, 3.63) is 29.8 Å². The van der Waals surface area contributed by atoms with Gasteiger partial charge in [-0.2, -0.15) is 0 Å². The molecule has 0 aromatic heterocycles. The number of hydrogen-bond acceptors (Lipinski definition) is 4. The summed E-state index contributed by atoms with van der Waals surface area (Å²) in [5, 5.41) is 16.4. The summed E-state index contributed by atoms with van der Waals surface area (Å²) in [6.45, 7) is -0.278. The van der Waals surface area contributed by atoms with Gasteiger partial charge in [-0.3, -0.25) is 9.59 Å². The number of carbonyl (C=O) groups is 2. The van der Waals surface area contributed by atoms with Crippen LogP contribution in [-0.4, -0.2) is 29.0 Å². The number of benzene rings is 1. The molecule has 0 saturated carbocycles. The lowest BCUT2D eigenvalue weighted by Crippen LogP contribution is -2.10. The average molecular weight is 197 g/mol. The molecule has 0 fully saturated rings. The molecule has 1 aromatic rings. The highest BCUT2D eigenvalue weighted by atomic mass is 16.4. The molecule has 76 valence electrons. The third kappa shape index (κ3) is 5.73. The van der Waals surface area contributed by atoms with Gasteiger partial charge in [0.1, 0.15) is 12.0 Å². The van der Waals surface area contributed by atoms with Gasteiger partial charge in [0.05, 0.1) is 6.54 Å². The first-order valence-electron chi connectivity index (χ1n) is 3.76. The Kier molecular flexibility index (Phi) is 5.73. The first-order valence-corrected chi connectivity index (χ1v) is 3.76. The van der Waals surface area contributed by atoms with Crippen LogP contribution in [0.4, 0.5) is 0 Å². The van der Waals surface area contributed by atoms with Crippen molar-refractivity contribution in [3.8, 4) is 5.75 Å². The SMILES string of the molecule is NCC(=O)O.O=Cc1cccc(O)c1. The van der Waals surface area contributed by atoms with E-state index in [1.165, 1.54) is 12.1 Å². The summed E-state index contributed by atoms with van der Waals surface area (Å²) >= 11 is 0. The van der Waals surface area contributed by atoms with Gasteiger partial charge in [-0.15, -0.1) is 0 Å². The standard InChI is InChI=1S/C7H6O2.C2H5NO2/c8-5-6-2-1-3-7(9)4-6;3-1-2(4)5/h1-5,9H;1,3H2,(H,4,5). The fraction of sp³-hybridized carbons (Fsp3) is 0.111. The summed E-state index contributed by atoms with van der Waals surface area (Å²) in [6, 6.07) is 6.19. The van der Waals surface area contributed by atoms with Crippen LogP contribution in [0.15, 0.2) is 24.3 Å². The van der Waals surface area contributed by atoms with Crippen LogP contribution < -0.4 is 5.73 Å². The van der Waals surface area contributed by atoms with Crippen LogP contribution >= 0.6 is 0 Å². The van der Waals surface area contributed by atoms with Crippen molar-refractivity contribution in [2.75, 3.05) is 6.54 Å². The molecule has 0 aliphatic carbocycles. The van der Waals surface area contributed by atoms with E-state index in [0.29, 0.717) is 11.8 Å². The maximum atomic E-state index is 10.0. The molecule has 0 heterocycles. The minimum absolute atomic E-state index is 0.125. The lowest BCUT2D eigenvalue weighted by molar-refractivity contribution is -0.135. The Balaban J connectivity index is 0.000000292. The zero-order valence-electron chi connectivity index (χ0n) is 7.38. The highest BCUT2D eigenvalue weighted by Crippen LogP contribution is 2.07. The summed E-state index contributed by atoms with van der Waals surface area (Å²) in [6.07, 6.45) is 0.694. The summed E-state index contributed by atoms with van der Waals surface area (Å²) in [7, 11) is 0. The smallest absolute Gasteiger partial charge is 0.317 e. The highest BCUT2D eigenvalue weighted by molar-refractivity contribution is 5.75. The number of carbonyl (C=O) groups excluding carboxylic acids is 1. The van der Waals surface area contributed by atoms with Gasteiger partial charge in [0.2, 0.25) is 0 Å². The zero-order valence-corrected chi connectivity index (χ0v) is 7.38. The van der Waals surface area contributed by atoms with E-state index in [0.717, 1.165) is 0 Å². The predicted octanol–water partition coefficient (Wildman–Crippen LogP) is 0.234. The van der Waals surface area contributed by atoms with Gasteiger partial charge in [-0.25, -0.2) is 0 Å². The molecule has 0 aliphatic rings. The fourth-order valence-electron chi connectivity index (χ4n) is 0.598. The van der Waals surface area contributed by atoms with E-state index in [9.17, 15) is 9.59 Å². The van der Waals surface area contributed by atoms with Crippen LogP contribution in [-0.2, 0) is 4.79 Å². The van der Waals surface area contributed by atoms with E-state index in [-0.39, 0.29) is 12.3 Å². The third-order valence-electron chi connectivity index (χ3n) is 1.18. The van der Waals surface area contributed by atoms with Gasteiger partial charge in [0.15, 0.2) is 0 Å². The van der Waals surface area contributed by atoms with Crippen LogP contribution in [0.1, 0.15) is 10.4 Å².